The van der Waals surface area contributed by atoms with Crippen molar-refractivity contribution in [2.24, 2.45) is 14.1 Å². The predicted molar refractivity (Wildman–Crippen MR) is 158 cm³/mol. The van der Waals surface area contributed by atoms with Gasteiger partial charge in [-0.25, -0.2) is 9.78 Å². The molecule has 0 aliphatic heterocycles. The van der Waals surface area contributed by atoms with Crippen molar-refractivity contribution in [3.05, 3.63) is 90.9 Å². The Bertz CT molecular complexity index is 1730. The van der Waals surface area contributed by atoms with Gasteiger partial charge in [0.1, 0.15) is 5.56 Å². The number of aliphatic hydroxyl groups excluding tert-OH is 1. The Morgan fingerprint density at radius 2 is 1.80 bits per heavy atom. The maximum atomic E-state index is 13.0. The molecule has 3 aromatic heterocycles. The summed E-state index contributed by atoms with van der Waals surface area (Å²) < 4.78 is 7.48. The molecule has 0 spiro atoms. The van der Waals surface area contributed by atoms with Crippen LogP contribution < -0.4 is 26.6 Å². The van der Waals surface area contributed by atoms with Gasteiger partial charge in [0.05, 0.1) is 34.6 Å². The van der Waals surface area contributed by atoms with Gasteiger partial charge in [-0.1, -0.05) is 41.4 Å². The number of pyridine rings is 2. The SMILES string of the molecule is COc1nc(-c2cncc(-c3cccc(NC(=O)c4cn(C)c(=O)n(C)c4=O)c3Cl)c2Cl)ccc1CNC[C@@H](C)O. The molecule has 214 valence electrons. The second-order valence-corrected chi connectivity index (χ2v) is 10.1. The van der Waals surface area contributed by atoms with E-state index in [1.807, 2.05) is 6.07 Å². The molecular formula is C28H28Cl2N6O5. The number of carbonyl (C=O) groups excluding carboxylic acids is 1. The molecule has 41 heavy (non-hydrogen) atoms. The number of benzene rings is 1. The van der Waals surface area contributed by atoms with Gasteiger partial charge in [-0.2, -0.15) is 0 Å². The molecule has 0 unspecified atom stereocenters. The van der Waals surface area contributed by atoms with Crippen LogP contribution in [-0.4, -0.2) is 49.9 Å². The zero-order valence-electron chi connectivity index (χ0n) is 22.7. The van der Waals surface area contributed by atoms with Crippen LogP contribution in [0.15, 0.2) is 58.5 Å². The standard InChI is InChI=1S/C28H28Cl2N6O5/c1-15(37)10-31-11-16-8-9-21(34-26(16)41-4)19-13-32-12-18(23(19)29)17-6-5-7-22(24(17)30)33-25(38)20-14-35(2)28(40)36(3)27(20)39/h5-9,12-15,31,37H,10-11H2,1-4H3,(H,33,38)/t15-/m1/s1. The van der Waals surface area contributed by atoms with Crippen molar-refractivity contribution in [1.82, 2.24) is 24.4 Å². The third kappa shape index (κ3) is 6.33. The number of hydrogen-bond donors (Lipinski definition) is 3. The van der Waals surface area contributed by atoms with Crippen LogP contribution >= 0.6 is 23.2 Å². The molecule has 11 nitrogen and oxygen atoms in total. The van der Waals surface area contributed by atoms with Crippen LogP contribution in [0.25, 0.3) is 22.4 Å². The molecule has 1 amide bonds. The minimum atomic E-state index is -0.731. The molecule has 3 N–H and O–H groups in total. The monoisotopic (exact) mass is 598 g/mol. The molecular weight excluding hydrogens is 571 g/mol. The number of carbonyl (C=O) groups is 1. The van der Waals surface area contributed by atoms with Crippen molar-refractivity contribution in [2.45, 2.75) is 19.6 Å². The average Bonchev–Trinajstić information content (AvgIpc) is 2.95. The predicted octanol–water partition coefficient (Wildman–Crippen LogP) is 3.25. The fourth-order valence-electron chi connectivity index (χ4n) is 4.15. The highest BCUT2D eigenvalue weighted by Crippen LogP contribution is 2.40. The average molecular weight is 599 g/mol. The Morgan fingerprint density at radius 1 is 1.07 bits per heavy atom. The lowest BCUT2D eigenvalue weighted by atomic mass is 10.0. The number of methoxy groups -OCH3 is 1. The number of amides is 1. The zero-order chi connectivity index (χ0) is 29.8. The van der Waals surface area contributed by atoms with E-state index in [9.17, 15) is 19.5 Å². The van der Waals surface area contributed by atoms with Gasteiger partial charge in [0.15, 0.2) is 0 Å². The highest BCUT2D eigenvalue weighted by atomic mass is 35.5. The van der Waals surface area contributed by atoms with Crippen LogP contribution in [0.1, 0.15) is 22.8 Å². The number of anilines is 1. The largest absolute Gasteiger partial charge is 0.481 e. The van der Waals surface area contributed by atoms with Crippen molar-refractivity contribution in [2.75, 3.05) is 19.0 Å². The van der Waals surface area contributed by atoms with Gasteiger partial charge in [0.25, 0.3) is 11.5 Å². The molecule has 0 aliphatic rings. The van der Waals surface area contributed by atoms with E-state index in [2.05, 4.69) is 20.6 Å². The number of nitrogens with one attached hydrogen (secondary N) is 2. The van der Waals surface area contributed by atoms with Gasteiger partial charge in [0.2, 0.25) is 5.88 Å². The quantitative estimate of drug-likeness (QED) is 0.267. The molecule has 0 fully saturated rings. The van der Waals surface area contributed by atoms with Gasteiger partial charge in [-0.15, -0.1) is 0 Å². The lowest BCUT2D eigenvalue weighted by Crippen LogP contribution is -2.40. The molecule has 0 aliphatic carbocycles. The summed E-state index contributed by atoms with van der Waals surface area (Å²) in [4.78, 5) is 46.4. The molecule has 0 saturated heterocycles. The second-order valence-electron chi connectivity index (χ2n) is 9.32. The first kappa shape index (κ1) is 29.9. The summed E-state index contributed by atoms with van der Waals surface area (Å²) in [6.07, 6.45) is 3.82. The van der Waals surface area contributed by atoms with Gasteiger partial charge in [-0.3, -0.25) is 19.1 Å². The summed E-state index contributed by atoms with van der Waals surface area (Å²) >= 11 is 13.6. The summed E-state index contributed by atoms with van der Waals surface area (Å²) in [5, 5.41) is 15.8. The molecule has 1 atom stereocenters. The smallest absolute Gasteiger partial charge is 0.330 e. The van der Waals surface area contributed by atoms with Crippen LogP contribution in [0.4, 0.5) is 5.69 Å². The van der Waals surface area contributed by atoms with E-state index < -0.39 is 23.3 Å². The minimum Gasteiger partial charge on any atom is -0.481 e. The van der Waals surface area contributed by atoms with E-state index in [1.54, 1.807) is 43.6 Å². The van der Waals surface area contributed by atoms with Gasteiger partial charge in [0, 0.05) is 68.0 Å². The number of nitrogens with zero attached hydrogens (tertiary/aromatic N) is 4. The number of ether oxygens (including phenoxy) is 1. The van der Waals surface area contributed by atoms with Crippen LogP contribution in [-0.2, 0) is 20.6 Å². The number of aliphatic hydroxyl groups is 1. The number of halogens is 2. The van der Waals surface area contributed by atoms with E-state index in [0.717, 1.165) is 14.7 Å². The summed E-state index contributed by atoms with van der Waals surface area (Å²) in [6.45, 7) is 2.57. The first-order valence-corrected chi connectivity index (χ1v) is 13.2. The Kier molecular flexibility index (Phi) is 9.24. The Morgan fingerprint density at radius 3 is 2.51 bits per heavy atom. The second kappa shape index (κ2) is 12.6. The molecule has 0 radical (unpaired) electrons. The van der Waals surface area contributed by atoms with Crippen LogP contribution in [0, 0.1) is 0 Å². The lowest BCUT2D eigenvalue weighted by molar-refractivity contribution is 0.102. The summed E-state index contributed by atoms with van der Waals surface area (Å²) in [5.74, 6) is -0.327. The first-order chi connectivity index (χ1) is 19.5. The molecule has 13 heteroatoms. The minimum absolute atomic E-state index is 0.174. The summed E-state index contributed by atoms with van der Waals surface area (Å²) in [7, 11) is 4.26. The van der Waals surface area contributed by atoms with Crippen molar-refractivity contribution in [3.63, 3.8) is 0 Å². The highest BCUT2D eigenvalue weighted by molar-refractivity contribution is 6.39. The highest BCUT2D eigenvalue weighted by Gasteiger charge is 2.20. The van der Waals surface area contributed by atoms with E-state index in [4.69, 9.17) is 27.9 Å². The molecule has 1 aromatic carbocycles. The zero-order valence-corrected chi connectivity index (χ0v) is 24.2. The maximum absolute atomic E-state index is 13.0. The normalized spacial score (nSPS) is 11.8. The third-order valence-electron chi connectivity index (χ3n) is 6.27. The molecule has 0 bridgehead atoms. The van der Waals surface area contributed by atoms with Gasteiger partial charge in [-0.05, 0) is 19.1 Å². The summed E-state index contributed by atoms with van der Waals surface area (Å²) in [5.41, 5.74) is 1.57. The topological polar surface area (TPSA) is 140 Å². The van der Waals surface area contributed by atoms with Gasteiger partial charge >= 0.3 is 5.69 Å². The third-order valence-corrected chi connectivity index (χ3v) is 7.09. The fraction of sp³-hybridized carbons (Fsp3) is 0.250. The Hall–Kier alpha value is -4.03. The van der Waals surface area contributed by atoms with E-state index in [1.165, 1.54) is 27.4 Å². The van der Waals surface area contributed by atoms with Crippen LogP contribution in [0.2, 0.25) is 10.0 Å². The molecule has 3 heterocycles. The maximum Gasteiger partial charge on any atom is 0.330 e. The lowest BCUT2D eigenvalue weighted by Gasteiger charge is -2.15. The molecule has 0 saturated carbocycles. The van der Waals surface area contributed by atoms with Crippen LogP contribution in [0.3, 0.4) is 0 Å². The van der Waals surface area contributed by atoms with Gasteiger partial charge < -0.3 is 25.0 Å². The Balaban J connectivity index is 1.67. The first-order valence-electron chi connectivity index (χ1n) is 12.5. The number of rotatable bonds is 9. The van der Waals surface area contributed by atoms with Crippen molar-refractivity contribution in [3.8, 4) is 28.3 Å². The van der Waals surface area contributed by atoms with Crippen molar-refractivity contribution in [1.29, 1.82) is 0 Å². The van der Waals surface area contributed by atoms with Crippen molar-refractivity contribution >= 4 is 34.8 Å². The number of hydrogen-bond acceptors (Lipinski definition) is 8. The summed E-state index contributed by atoms with van der Waals surface area (Å²) in [6, 6.07) is 8.63. The van der Waals surface area contributed by atoms with E-state index in [0.29, 0.717) is 46.4 Å². The molecule has 4 rings (SSSR count). The number of aromatic nitrogens is 4. The van der Waals surface area contributed by atoms with E-state index >= 15 is 0 Å². The number of aryl methyl sites for hydroxylation is 1. The fourth-order valence-corrected chi connectivity index (χ4v) is 4.72. The Labute approximate surface area is 245 Å². The van der Waals surface area contributed by atoms with Crippen LogP contribution in [0.5, 0.6) is 5.88 Å². The van der Waals surface area contributed by atoms with E-state index in [-0.39, 0.29) is 16.3 Å². The molecule has 4 aromatic rings. The van der Waals surface area contributed by atoms with Crippen molar-refractivity contribution < 1.29 is 14.6 Å².